The van der Waals surface area contributed by atoms with Gasteiger partial charge in [-0.2, -0.15) is 0 Å². The van der Waals surface area contributed by atoms with Gasteiger partial charge in [-0.15, -0.1) is 0 Å². The van der Waals surface area contributed by atoms with Gasteiger partial charge >= 0.3 is 0 Å². The fourth-order valence-corrected chi connectivity index (χ4v) is 2.25. The lowest BCUT2D eigenvalue weighted by atomic mass is 9.99. The van der Waals surface area contributed by atoms with Crippen LogP contribution in [0.5, 0.6) is 0 Å². The summed E-state index contributed by atoms with van der Waals surface area (Å²) >= 11 is 4.75. The molecule has 0 saturated carbocycles. The molecule has 1 aromatic rings. The number of aliphatic hydroxyl groups excluding tert-OH is 1. The number of aliphatic hydroxyl groups is 1. The Kier molecular flexibility index (Phi) is 5.19. The lowest BCUT2D eigenvalue weighted by Gasteiger charge is -2.08. The second-order valence-electron chi connectivity index (χ2n) is 3.13. The van der Waals surface area contributed by atoms with Gasteiger partial charge in [0.2, 0.25) is 10.9 Å². The lowest BCUT2D eigenvalue weighted by molar-refractivity contribution is 0.292. The highest BCUT2D eigenvalue weighted by molar-refractivity contribution is 7.96. The molecule has 0 atom stereocenters. The van der Waals surface area contributed by atoms with Gasteiger partial charge in [0.05, 0.1) is 6.61 Å². The summed E-state index contributed by atoms with van der Waals surface area (Å²) in [5.74, 6) is 0. The Hall–Kier alpha value is -0.480. The fraction of sp³-hybridized carbons (Fsp3) is 0.556. The van der Waals surface area contributed by atoms with E-state index in [-0.39, 0.29) is 17.5 Å². The standard InChI is InChI=1S/C9H12NO3PS/c11-4-3-10-2-1-6-7(5-14-15)9(13)8(6)12/h10-11H,1-5H2. The summed E-state index contributed by atoms with van der Waals surface area (Å²) in [7, 11) is 0.693. The summed E-state index contributed by atoms with van der Waals surface area (Å²) in [5, 5.41) is 11.5. The van der Waals surface area contributed by atoms with Gasteiger partial charge in [0.25, 0.3) is 0 Å². The molecule has 2 N–H and O–H groups in total. The molecular weight excluding hydrogens is 233 g/mol. The number of rotatable bonds is 7. The van der Waals surface area contributed by atoms with Crippen molar-refractivity contribution in [1.29, 1.82) is 0 Å². The maximum atomic E-state index is 11.2. The molecule has 0 unspecified atom stereocenters. The van der Waals surface area contributed by atoms with Gasteiger partial charge in [-0.3, -0.25) is 9.59 Å². The fourth-order valence-electron chi connectivity index (χ4n) is 1.40. The second-order valence-corrected chi connectivity index (χ2v) is 4.48. The predicted octanol–water partition coefficient (Wildman–Crippen LogP) is -0.685. The Balaban J connectivity index is 2.54. The molecule has 0 aliphatic rings. The molecule has 0 fully saturated rings. The SMILES string of the molecule is O=c1c(CCNCCO)c(CP=S)c1=O. The zero-order valence-electron chi connectivity index (χ0n) is 8.15. The summed E-state index contributed by atoms with van der Waals surface area (Å²) < 4.78 is 0. The van der Waals surface area contributed by atoms with Crippen LogP contribution in [0.25, 0.3) is 0 Å². The first-order valence-electron chi connectivity index (χ1n) is 4.64. The highest BCUT2D eigenvalue weighted by Crippen LogP contribution is 2.09. The number of hydrogen-bond acceptors (Lipinski definition) is 5. The van der Waals surface area contributed by atoms with E-state index in [0.717, 1.165) is 0 Å². The van der Waals surface area contributed by atoms with Crippen LogP contribution in [0.2, 0.25) is 0 Å². The first-order valence-corrected chi connectivity index (χ1v) is 6.73. The molecule has 6 heteroatoms. The van der Waals surface area contributed by atoms with Crippen molar-refractivity contribution in [3.63, 3.8) is 0 Å². The quantitative estimate of drug-likeness (QED) is 0.378. The Morgan fingerprint density at radius 1 is 1.20 bits per heavy atom. The first-order chi connectivity index (χ1) is 7.22. The minimum atomic E-state index is -0.371. The van der Waals surface area contributed by atoms with Crippen LogP contribution in [-0.4, -0.2) is 24.8 Å². The maximum absolute atomic E-state index is 11.2. The zero-order valence-corrected chi connectivity index (χ0v) is 9.87. The molecule has 0 aliphatic heterocycles. The van der Waals surface area contributed by atoms with E-state index in [1.165, 1.54) is 0 Å². The van der Waals surface area contributed by atoms with Gasteiger partial charge in [-0.1, -0.05) is 11.8 Å². The molecule has 0 spiro atoms. The first kappa shape index (κ1) is 12.6. The normalized spacial score (nSPS) is 11.3. The third kappa shape index (κ3) is 2.98. The van der Waals surface area contributed by atoms with Gasteiger partial charge < -0.3 is 10.4 Å². The summed E-state index contributed by atoms with van der Waals surface area (Å²) in [4.78, 5) is 22.3. The van der Waals surface area contributed by atoms with Crippen LogP contribution in [0.4, 0.5) is 0 Å². The molecule has 0 aliphatic carbocycles. The van der Waals surface area contributed by atoms with E-state index >= 15 is 0 Å². The van der Waals surface area contributed by atoms with Crippen LogP contribution in [0.3, 0.4) is 0 Å². The largest absolute Gasteiger partial charge is 0.395 e. The zero-order chi connectivity index (χ0) is 11.3. The van der Waals surface area contributed by atoms with Crippen LogP contribution in [-0.2, 0) is 24.4 Å². The lowest BCUT2D eigenvalue weighted by Crippen LogP contribution is -2.40. The smallest absolute Gasteiger partial charge is 0.230 e. The highest BCUT2D eigenvalue weighted by Gasteiger charge is 2.18. The summed E-state index contributed by atoms with van der Waals surface area (Å²) in [6.45, 7) is 1.18. The van der Waals surface area contributed by atoms with E-state index in [2.05, 4.69) is 5.32 Å². The maximum Gasteiger partial charge on any atom is 0.230 e. The topological polar surface area (TPSA) is 66.4 Å². The molecule has 0 amide bonds. The summed E-state index contributed by atoms with van der Waals surface area (Å²) in [5.41, 5.74) is 0.476. The van der Waals surface area contributed by atoms with Gasteiger partial charge in [0.1, 0.15) is 0 Å². The second kappa shape index (κ2) is 6.18. The molecule has 1 aromatic carbocycles. The van der Waals surface area contributed by atoms with Crippen molar-refractivity contribution in [2.45, 2.75) is 12.6 Å². The minimum absolute atomic E-state index is 0.0730. The van der Waals surface area contributed by atoms with E-state index in [9.17, 15) is 9.59 Å². The molecular formula is C9H12NO3PS. The van der Waals surface area contributed by atoms with Crippen LogP contribution in [0.15, 0.2) is 9.59 Å². The molecule has 0 saturated heterocycles. The third-order valence-electron chi connectivity index (χ3n) is 2.18. The average Bonchev–Trinajstić information content (AvgIpc) is 2.26. The van der Waals surface area contributed by atoms with Crippen LogP contribution < -0.4 is 16.2 Å². The minimum Gasteiger partial charge on any atom is -0.395 e. The molecule has 0 bridgehead atoms. The van der Waals surface area contributed by atoms with Crippen molar-refractivity contribution < 1.29 is 5.11 Å². The summed E-state index contributed by atoms with van der Waals surface area (Å²) in [6.07, 6.45) is 1.04. The van der Waals surface area contributed by atoms with Crippen molar-refractivity contribution in [2.75, 3.05) is 19.7 Å². The Labute approximate surface area is 93.9 Å². The predicted molar refractivity (Wildman–Crippen MR) is 63.0 cm³/mol. The highest BCUT2D eigenvalue weighted by atomic mass is 32.4. The van der Waals surface area contributed by atoms with Crippen molar-refractivity contribution in [3.05, 3.63) is 31.6 Å². The number of hydrogen-bond donors (Lipinski definition) is 2. The molecule has 1 rings (SSSR count). The average molecular weight is 245 g/mol. The van der Waals surface area contributed by atoms with Crippen LogP contribution in [0, 0.1) is 0 Å². The van der Waals surface area contributed by atoms with Crippen LogP contribution in [0.1, 0.15) is 11.1 Å². The Morgan fingerprint density at radius 2 is 1.87 bits per heavy atom. The molecule has 82 valence electrons. The molecule has 4 nitrogen and oxygen atoms in total. The molecule has 0 aromatic heterocycles. The van der Waals surface area contributed by atoms with Crippen molar-refractivity contribution in [2.24, 2.45) is 0 Å². The van der Waals surface area contributed by atoms with E-state index in [1.54, 1.807) is 0 Å². The van der Waals surface area contributed by atoms with Crippen molar-refractivity contribution >= 4 is 19.2 Å². The molecule has 15 heavy (non-hydrogen) atoms. The Morgan fingerprint density at radius 3 is 2.47 bits per heavy atom. The molecule has 0 heterocycles. The van der Waals surface area contributed by atoms with Crippen molar-refractivity contribution in [1.82, 2.24) is 5.32 Å². The number of nitrogens with one attached hydrogen (secondary N) is 1. The van der Waals surface area contributed by atoms with E-state index < -0.39 is 0 Å². The summed E-state index contributed by atoms with van der Waals surface area (Å²) in [6, 6.07) is 0. The van der Waals surface area contributed by atoms with Gasteiger partial charge in [-0.05, 0) is 20.3 Å². The van der Waals surface area contributed by atoms with Crippen molar-refractivity contribution in [3.8, 4) is 0 Å². The van der Waals surface area contributed by atoms with Gasteiger partial charge in [-0.25, -0.2) is 0 Å². The third-order valence-corrected chi connectivity index (χ3v) is 3.01. The van der Waals surface area contributed by atoms with Crippen LogP contribution >= 0.6 is 7.36 Å². The van der Waals surface area contributed by atoms with E-state index in [1.807, 2.05) is 0 Å². The van der Waals surface area contributed by atoms with E-state index in [0.29, 0.717) is 44.2 Å². The van der Waals surface area contributed by atoms with Gasteiger partial charge in [0, 0.05) is 23.8 Å². The van der Waals surface area contributed by atoms with Gasteiger partial charge in [0.15, 0.2) is 0 Å². The monoisotopic (exact) mass is 245 g/mol. The van der Waals surface area contributed by atoms with E-state index in [4.69, 9.17) is 16.9 Å². The Bertz CT molecular complexity index is 411. The molecule has 0 radical (unpaired) electrons.